The van der Waals surface area contributed by atoms with E-state index in [4.69, 9.17) is 4.74 Å². The highest BCUT2D eigenvalue weighted by molar-refractivity contribution is 5.60. The first-order valence-corrected chi connectivity index (χ1v) is 11.3. The smallest absolute Gasteiger partial charge is 0.416 e. The van der Waals surface area contributed by atoms with Gasteiger partial charge in [0.1, 0.15) is 12.4 Å². The van der Waals surface area contributed by atoms with Crippen molar-refractivity contribution >= 4 is 0 Å². The molecule has 2 aromatic carbocycles. The average Bonchev–Trinajstić information content (AvgIpc) is 2.80. The number of pyridine rings is 1. The van der Waals surface area contributed by atoms with E-state index in [2.05, 4.69) is 18.0 Å². The van der Waals surface area contributed by atoms with Crippen LogP contribution in [0.5, 0.6) is 5.75 Å². The summed E-state index contributed by atoms with van der Waals surface area (Å²) in [5.74, 6) is 0.661. The number of nitrogens with zero attached hydrogens (tertiary/aromatic N) is 1. The van der Waals surface area contributed by atoms with E-state index in [1.165, 1.54) is 56.2 Å². The molecule has 1 heterocycles. The molecular weight excluding hydrogens is 411 g/mol. The largest absolute Gasteiger partial charge is 0.489 e. The molecule has 0 aliphatic carbocycles. The second kappa shape index (κ2) is 11.7. The minimum absolute atomic E-state index is 0.211. The molecule has 5 heteroatoms. The average molecular weight is 442 g/mol. The van der Waals surface area contributed by atoms with Gasteiger partial charge in [0.25, 0.3) is 0 Å². The van der Waals surface area contributed by atoms with Crippen molar-refractivity contribution in [3.8, 4) is 17.0 Å². The highest BCUT2D eigenvalue weighted by atomic mass is 19.4. The van der Waals surface area contributed by atoms with Crippen LogP contribution in [0.25, 0.3) is 11.3 Å². The molecule has 0 saturated heterocycles. The van der Waals surface area contributed by atoms with Gasteiger partial charge in [-0.3, -0.25) is 4.98 Å². The summed E-state index contributed by atoms with van der Waals surface area (Å²) >= 11 is 0. The summed E-state index contributed by atoms with van der Waals surface area (Å²) in [7, 11) is 0. The minimum atomic E-state index is -4.32. The lowest BCUT2D eigenvalue weighted by Crippen LogP contribution is -2.05. The number of hydrogen-bond acceptors (Lipinski definition) is 2. The third kappa shape index (κ3) is 7.40. The SMILES string of the molecule is CCCCCCCCc1ccc(-c2ccc(OCc3ccc(C(F)(F)F)cc3)cc2)nc1. The molecule has 3 rings (SSSR count). The van der Waals surface area contributed by atoms with E-state index in [0.717, 1.165) is 29.8 Å². The van der Waals surface area contributed by atoms with Crippen LogP contribution >= 0.6 is 0 Å². The molecule has 0 radical (unpaired) electrons. The third-order valence-electron chi connectivity index (χ3n) is 5.48. The molecule has 1 aromatic heterocycles. The van der Waals surface area contributed by atoms with Gasteiger partial charge >= 0.3 is 6.18 Å². The number of rotatable bonds is 11. The van der Waals surface area contributed by atoms with Gasteiger partial charge in [-0.2, -0.15) is 13.2 Å². The number of aromatic nitrogens is 1. The lowest BCUT2D eigenvalue weighted by molar-refractivity contribution is -0.137. The molecule has 2 nitrogen and oxygen atoms in total. The molecule has 0 fully saturated rings. The summed E-state index contributed by atoms with van der Waals surface area (Å²) in [6, 6.07) is 16.8. The van der Waals surface area contributed by atoms with Gasteiger partial charge in [-0.1, -0.05) is 57.2 Å². The van der Waals surface area contributed by atoms with Crippen molar-refractivity contribution in [3.05, 3.63) is 83.6 Å². The highest BCUT2D eigenvalue weighted by Crippen LogP contribution is 2.29. The number of benzene rings is 2. The van der Waals surface area contributed by atoms with Crippen molar-refractivity contribution < 1.29 is 17.9 Å². The summed E-state index contributed by atoms with van der Waals surface area (Å²) in [4.78, 5) is 4.60. The molecule has 0 aliphatic rings. The number of ether oxygens (including phenoxy) is 1. The molecule has 0 saturated carbocycles. The van der Waals surface area contributed by atoms with Crippen molar-refractivity contribution in [2.24, 2.45) is 0 Å². The second-order valence-corrected chi connectivity index (χ2v) is 8.08. The molecule has 0 aliphatic heterocycles. The fraction of sp³-hybridized carbons (Fsp3) is 0.370. The number of alkyl halides is 3. The zero-order valence-corrected chi connectivity index (χ0v) is 18.5. The molecule has 3 aromatic rings. The summed E-state index contributed by atoms with van der Waals surface area (Å²) in [6.07, 6.45) is 6.42. The van der Waals surface area contributed by atoms with E-state index in [1.54, 1.807) is 0 Å². The van der Waals surface area contributed by atoms with Crippen LogP contribution in [-0.2, 0) is 19.2 Å². The zero-order valence-electron chi connectivity index (χ0n) is 18.5. The van der Waals surface area contributed by atoms with Crippen LogP contribution in [0.2, 0.25) is 0 Å². The summed E-state index contributed by atoms with van der Waals surface area (Å²) in [5, 5.41) is 0. The van der Waals surface area contributed by atoms with Gasteiger partial charge in [0.2, 0.25) is 0 Å². The lowest BCUT2D eigenvalue weighted by Gasteiger charge is -2.10. The van der Waals surface area contributed by atoms with Gasteiger partial charge < -0.3 is 4.74 Å². The van der Waals surface area contributed by atoms with Crippen molar-refractivity contribution in [1.82, 2.24) is 4.98 Å². The van der Waals surface area contributed by atoms with Crippen molar-refractivity contribution in [3.63, 3.8) is 0 Å². The van der Waals surface area contributed by atoms with Gasteiger partial charge in [-0.25, -0.2) is 0 Å². The van der Waals surface area contributed by atoms with Crippen LogP contribution < -0.4 is 4.74 Å². The summed E-state index contributed by atoms with van der Waals surface area (Å²) in [5.41, 5.74) is 3.20. The zero-order chi connectivity index (χ0) is 22.8. The van der Waals surface area contributed by atoms with Gasteiger partial charge in [-0.05, 0) is 66.4 Å². The second-order valence-electron chi connectivity index (χ2n) is 8.08. The van der Waals surface area contributed by atoms with Crippen LogP contribution in [0, 0.1) is 0 Å². The van der Waals surface area contributed by atoms with Gasteiger partial charge in [0.05, 0.1) is 11.3 Å². The molecule has 0 unspecified atom stereocenters. The quantitative estimate of drug-likeness (QED) is 0.280. The molecular formula is C27H30F3NO. The fourth-order valence-corrected chi connectivity index (χ4v) is 3.53. The Bertz CT molecular complexity index is 933. The van der Waals surface area contributed by atoms with Crippen LogP contribution in [0.15, 0.2) is 66.9 Å². The third-order valence-corrected chi connectivity index (χ3v) is 5.48. The first-order valence-electron chi connectivity index (χ1n) is 11.3. The lowest BCUT2D eigenvalue weighted by atomic mass is 10.1. The standard InChI is InChI=1S/C27H30F3NO/c1-2-3-4-5-6-7-8-21-11-18-26(31-19-21)23-12-16-25(17-13-23)32-20-22-9-14-24(15-10-22)27(28,29)30/h9-19H,2-8,20H2,1H3. The fourth-order valence-electron chi connectivity index (χ4n) is 3.53. The number of hydrogen-bond donors (Lipinski definition) is 0. The van der Waals surface area contributed by atoms with Crippen LogP contribution in [0.1, 0.15) is 62.1 Å². The van der Waals surface area contributed by atoms with E-state index >= 15 is 0 Å². The van der Waals surface area contributed by atoms with Crippen LogP contribution in [-0.4, -0.2) is 4.98 Å². The molecule has 0 bridgehead atoms. The van der Waals surface area contributed by atoms with Crippen LogP contribution in [0.3, 0.4) is 0 Å². The molecule has 0 spiro atoms. The van der Waals surface area contributed by atoms with Gasteiger partial charge in [0, 0.05) is 11.8 Å². The van der Waals surface area contributed by atoms with Gasteiger partial charge in [0.15, 0.2) is 0 Å². The van der Waals surface area contributed by atoms with Crippen molar-refractivity contribution in [2.45, 2.75) is 64.7 Å². The van der Waals surface area contributed by atoms with Gasteiger partial charge in [-0.15, -0.1) is 0 Å². The Balaban J connectivity index is 1.47. The van der Waals surface area contributed by atoms with E-state index in [0.29, 0.717) is 11.3 Å². The predicted molar refractivity (Wildman–Crippen MR) is 123 cm³/mol. The Morgan fingerprint density at radius 2 is 1.41 bits per heavy atom. The number of halogens is 3. The maximum atomic E-state index is 12.6. The Labute approximate surface area is 188 Å². The van der Waals surface area contributed by atoms with Crippen molar-refractivity contribution in [1.29, 1.82) is 0 Å². The van der Waals surface area contributed by atoms with E-state index in [1.807, 2.05) is 36.5 Å². The first kappa shape index (κ1) is 23.8. The Kier molecular flexibility index (Phi) is 8.72. The topological polar surface area (TPSA) is 22.1 Å². The number of unbranched alkanes of at least 4 members (excludes halogenated alkanes) is 5. The maximum Gasteiger partial charge on any atom is 0.416 e. The van der Waals surface area contributed by atoms with E-state index in [9.17, 15) is 13.2 Å². The Morgan fingerprint density at radius 3 is 2.03 bits per heavy atom. The Hall–Kier alpha value is -2.82. The summed E-state index contributed by atoms with van der Waals surface area (Å²) < 4.78 is 43.6. The molecule has 0 atom stereocenters. The van der Waals surface area contributed by atoms with Crippen LogP contribution in [0.4, 0.5) is 13.2 Å². The van der Waals surface area contributed by atoms with E-state index < -0.39 is 11.7 Å². The highest BCUT2D eigenvalue weighted by Gasteiger charge is 2.29. The van der Waals surface area contributed by atoms with Crippen molar-refractivity contribution in [2.75, 3.05) is 0 Å². The molecule has 32 heavy (non-hydrogen) atoms. The summed E-state index contributed by atoms with van der Waals surface area (Å²) in [6.45, 7) is 2.44. The predicted octanol–water partition coefficient (Wildman–Crippen LogP) is 8.25. The van der Waals surface area contributed by atoms with E-state index in [-0.39, 0.29) is 6.61 Å². The monoisotopic (exact) mass is 441 g/mol. The first-order chi connectivity index (χ1) is 15.5. The Morgan fingerprint density at radius 1 is 0.750 bits per heavy atom. The minimum Gasteiger partial charge on any atom is -0.489 e. The maximum absolute atomic E-state index is 12.6. The molecule has 0 amide bonds. The normalized spacial score (nSPS) is 11.5. The molecule has 170 valence electrons. The molecule has 0 N–H and O–H groups in total. The number of aryl methyl sites for hydroxylation is 1.